The van der Waals surface area contributed by atoms with Crippen LogP contribution >= 0.6 is 0 Å². The number of hydrogen-bond donors (Lipinski definition) is 2. The second-order valence-corrected chi connectivity index (χ2v) is 7.86. The number of hydrazine groups is 1. The largest absolute Gasteiger partial charge is 0.493 e. The molecule has 1 heterocycles. The van der Waals surface area contributed by atoms with Gasteiger partial charge in [0.1, 0.15) is 12.4 Å². The Hall–Kier alpha value is -3.55. The average molecular weight is 439 g/mol. The van der Waals surface area contributed by atoms with Crippen molar-refractivity contribution in [2.45, 2.75) is 40.2 Å². The number of hydrogen-bond acceptors (Lipinski definition) is 5. The van der Waals surface area contributed by atoms with Crippen LogP contribution < -0.4 is 20.3 Å². The molecule has 8 nitrogen and oxygen atoms in total. The minimum Gasteiger partial charge on any atom is -0.493 e. The van der Waals surface area contributed by atoms with Gasteiger partial charge in [0.25, 0.3) is 11.8 Å². The van der Waals surface area contributed by atoms with Gasteiger partial charge in [-0.2, -0.15) is 0 Å². The molecule has 0 aliphatic rings. The minimum absolute atomic E-state index is 0.0515. The van der Waals surface area contributed by atoms with Crippen LogP contribution in [0.25, 0.3) is 11.0 Å². The molecule has 0 atom stereocenters. The van der Waals surface area contributed by atoms with Gasteiger partial charge in [0.05, 0.1) is 24.8 Å². The van der Waals surface area contributed by atoms with Crippen LogP contribution in [-0.4, -0.2) is 35.1 Å². The monoisotopic (exact) mass is 438 g/mol. The fourth-order valence-electron chi connectivity index (χ4n) is 3.29. The van der Waals surface area contributed by atoms with Crippen LogP contribution in [0.3, 0.4) is 0 Å². The van der Waals surface area contributed by atoms with E-state index in [1.54, 1.807) is 18.2 Å². The number of rotatable bonds is 9. The maximum atomic E-state index is 12.5. The number of aryl methyl sites for hydroxylation is 1. The first-order chi connectivity index (χ1) is 15.4. The number of nitrogens with one attached hydrogen (secondary N) is 2. The average Bonchev–Trinajstić information content (AvgIpc) is 3.14. The van der Waals surface area contributed by atoms with E-state index in [9.17, 15) is 9.59 Å². The SMILES string of the molecule is CCc1nc2ccccc2n1CC(=O)NNC(=O)c1ccc(OCCC(C)C)c(OC)c1. The summed E-state index contributed by atoms with van der Waals surface area (Å²) in [5.74, 6) is 1.58. The number of imidazole rings is 1. The Morgan fingerprint density at radius 2 is 1.88 bits per heavy atom. The molecule has 0 aliphatic carbocycles. The highest BCUT2D eigenvalue weighted by molar-refractivity contribution is 5.96. The van der Waals surface area contributed by atoms with Crippen LogP contribution in [0.5, 0.6) is 11.5 Å². The van der Waals surface area contributed by atoms with E-state index in [0.717, 1.165) is 23.3 Å². The first-order valence-corrected chi connectivity index (χ1v) is 10.8. The predicted molar refractivity (Wildman–Crippen MR) is 123 cm³/mol. The third-order valence-electron chi connectivity index (χ3n) is 5.05. The normalized spacial score (nSPS) is 10.9. The Morgan fingerprint density at radius 3 is 2.59 bits per heavy atom. The van der Waals surface area contributed by atoms with Gasteiger partial charge in [0.15, 0.2) is 11.5 Å². The number of fused-ring (bicyclic) bond motifs is 1. The van der Waals surface area contributed by atoms with E-state index in [4.69, 9.17) is 9.47 Å². The molecule has 0 bridgehead atoms. The fourth-order valence-corrected chi connectivity index (χ4v) is 3.29. The summed E-state index contributed by atoms with van der Waals surface area (Å²) >= 11 is 0. The van der Waals surface area contributed by atoms with Crippen molar-refractivity contribution in [2.75, 3.05) is 13.7 Å². The molecule has 0 saturated carbocycles. The van der Waals surface area contributed by atoms with Crippen LogP contribution in [0.4, 0.5) is 0 Å². The zero-order valence-electron chi connectivity index (χ0n) is 19.0. The standard InChI is InChI=1S/C24H30N4O4/c1-5-22-25-18-8-6-7-9-19(18)28(22)15-23(29)26-27-24(30)17-10-11-20(21(14-17)31-4)32-13-12-16(2)3/h6-11,14,16H,5,12-13,15H2,1-4H3,(H,26,29)(H,27,30). The summed E-state index contributed by atoms with van der Waals surface area (Å²) in [6.07, 6.45) is 1.61. The molecule has 0 aliphatic heterocycles. The molecule has 3 aromatic rings. The Bertz CT molecular complexity index is 1090. The highest BCUT2D eigenvalue weighted by Gasteiger charge is 2.15. The number of nitrogens with zero attached hydrogens (tertiary/aromatic N) is 2. The highest BCUT2D eigenvalue weighted by atomic mass is 16.5. The lowest BCUT2D eigenvalue weighted by Crippen LogP contribution is -2.43. The van der Waals surface area contributed by atoms with Gasteiger partial charge in [-0.25, -0.2) is 4.98 Å². The molecule has 0 spiro atoms. The molecule has 0 fully saturated rings. The summed E-state index contributed by atoms with van der Waals surface area (Å²) in [5.41, 5.74) is 7.00. The third kappa shape index (κ3) is 5.57. The van der Waals surface area contributed by atoms with Crippen molar-refractivity contribution in [3.8, 4) is 11.5 Å². The van der Waals surface area contributed by atoms with Crippen molar-refractivity contribution in [2.24, 2.45) is 5.92 Å². The number of ether oxygens (including phenoxy) is 2. The maximum Gasteiger partial charge on any atom is 0.269 e. The number of carbonyl (C=O) groups excluding carboxylic acids is 2. The Morgan fingerprint density at radius 1 is 1.09 bits per heavy atom. The van der Waals surface area contributed by atoms with Gasteiger partial charge in [0, 0.05) is 12.0 Å². The maximum absolute atomic E-state index is 12.5. The first kappa shape index (κ1) is 23.1. The number of para-hydroxylation sites is 2. The van der Waals surface area contributed by atoms with E-state index in [2.05, 4.69) is 29.7 Å². The molecule has 0 saturated heterocycles. The number of benzene rings is 2. The van der Waals surface area contributed by atoms with Crippen molar-refractivity contribution in [3.63, 3.8) is 0 Å². The van der Waals surface area contributed by atoms with Gasteiger partial charge in [0.2, 0.25) is 0 Å². The van der Waals surface area contributed by atoms with E-state index in [1.165, 1.54) is 7.11 Å². The van der Waals surface area contributed by atoms with Gasteiger partial charge in [-0.3, -0.25) is 20.4 Å². The summed E-state index contributed by atoms with van der Waals surface area (Å²) in [4.78, 5) is 29.6. The molecule has 2 amide bonds. The minimum atomic E-state index is -0.448. The lowest BCUT2D eigenvalue weighted by Gasteiger charge is -2.14. The molecule has 8 heteroatoms. The fraction of sp³-hybridized carbons (Fsp3) is 0.375. The topological polar surface area (TPSA) is 94.5 Å². The number of carbonyl (C=O) groups is 2. The quantitative estimate of drug-likeness (QED) is 0.499. The Kier molecular flexibility index (Phi) is 7.70. The van der Waals surface area contributed by atoms with Crippen LogP contribution in [-0.2, 0) is 17.8 Å². The predicted octanol–water partition coefficient (Wildman–Crippen LogP) is 3.49. The van der Waals surface area contributed by atoms with E-state index < -0.39 is 5.91 Å². The summed E-state index contributed by atoms with van der Waals surface area (Å²) in [6, 6.07) is 12.6. The number of methoxy groups -OCH3 is 1. The van der Waals surface area contributed by atoms with Crippen molar-refractivity contribution < 1.29 is 19.1 Å². The van der Waals surface area contributed by atoms with Gasteiger partial charge < -0.3 is 14.0 Å². The lowest BCUT2D eigenvalue weighted by atomic mass is 10.1. The van der Waals surface area contributed by atoms with Crippen LogP contribution in [0.15, 0.2) is 42.5 Å². The second kappa shape index (κ2) is 10.7. The molecular weight excluding hydrogens is 408 g/mol. The molecule has 2 aromatic carbocycles. The molecule has 0 unspecified atom stereocenters. The lowest BCUT2D eigenvalue weighted by molar-refractivity contribution is -0.122. The zero-order valence-corrected chi connectivity index (χ0v) is 19.0. The molecule has 170 valence electrons. The van der Waals surface area contributed by atoms with E-state index >= 15 is 0 Å². The smallest absolute Gasteiger partial charge is 0.269 e. The van der Waals surface area contributed by atoms with Crippen molar-refractivity contribution in [1.82, 2.24) is 20.4 Å². The highest BCUT2D eigenvalue weighted by Crippen LogP contribution is 2.28. The van der Waals surface area contributed by atoms with Gasteiger partial charge in [-0.05, 0) is 42.7 Å². The van der Waals surface area contributed by atoms with Crippen molar-refractivity contribution >= 4 is 22.8 Å². The van der Waals surface area contributed by atoms with Crippen LogP contribution in [0.2, 0.25) is 0 Å². The first-order valence-electron chi connectivity index (χ1n) is 10.8. The second-order valence-electron chi connectivity index (χ2n) is 7.86. The van der Waals surface area contributed by atoms with Crippen molar-refractivity contribution in [3.05, 3.63) is 53.9 Å². The molecule has 3 rings (SSSR count). The molecular formula is C24H30N4O4. The number of amides is 2. The zero-order chi connectivity index (χ0) is 23.1. The molecule has 1 aromatic heterocycles. The summed E-state index contributed by atoms with van der Waals surface area (Å²) in [5, 5.41) is 0. The summed E-state index contributed by atoms with van der Waals surface area (Å²) in [7, 11) is 1.52. The molecule has 2 N–H and O–H groups in total. The Balaban J connectivity index is 1.61. The Labute approximate surface area is 187 Å². The van der Waals surface area contributed by atoms with Crippen molar-refractivity contribution in [1.29, 1.82) is 0 Å². The van der Waals surface area contributed by atoms with E-state index in [-0.39, 0.29) is 12.5 Å². The van der Waals surface area contributed by atoms with Gasteiger partial charge in [-0.15, -0.1) is 0 Å². The van der Waals surface area contributed by atoms with Gasteiger partial charge in [-0.1, -0.05) is 32.9 Å². The molecule has 32 heavy (non-hydrogen) atoms. The van der Waals surface area contributed by atoms with Crippen LogP contribution in [0, 0.1) is 5.92 Å². The summed E-state index contributed by atoms with van der Waals surface area (Å²) in [6.45, 7) is 6.86. The third-order valence-corrected chi connectivity index (χ3v) is 5.05. The van der Waals surface area contributed by atoms with E-state index in [1.807, 2.05) is 35.8 Å². The van der Waals surface area contributed by atoms with E-state index in [0.29, 0.717) is 36.0 Å². The molecule has 0 radical (unpaired) electrons. The summed E-state index contributed by atoms with van der Waals surface area (Å²) < 4.78 is 13.0. The van der Waals surface area contributed by atoms with Crippen LogP contribution in [0.1, 0.15) is 43.4 Å². The number of aromatic nitrogens is 2. The van der Waals surface area contributed by atoms with Gasteiger partial charge >= 0.3 is 0 Å².